The molecule has 0 fully saturated rings. The average molecular weight is 245 g/mol. The zero-order valence-corrected chi connectivity index (χ0v) is 11.0. The van der Waals surface area contributed by atoms with E-state index in [1.54, 1.807) is 6.20 Å². The lowest BCUT2D eigenvalue weighted by Crippen LogP contribution is -2.22. The molecule has 2 N–H and O–H groups in total. The van der Waals surface area contributed by atoms with E-state index in [2.05, 4.69) is 40.5 Å². The normalized spacial score (nSPS) is 12.9. The number of nitrogens with two attached hydrogens (primary N) is 1. The van der Waals surface area contributed by atoms with Gasteiger partial charge in [0.2, 0.25) is 0 Å². The Balaban J connectivity index is 2.33. The number of likely N-dealkylation sites (N-methyl/N-ethyl adjacent to an activating group) is 1. The van der Waals surface area contributed by atoms with Crippen LogP contribution in [0.2, 0.25) is 0 Å². The maximum absolute atomic E-state index is 5.72. The monoisotopic (exact) mass is 245 g/mol. The van der Waals surface area contributed by atoms with Gasteiger partial charge < -0.3 is 15.2 Å². The molecular weight excluding hydrogens is 226 g/mol. The van der Waals surface area contributed by atoms with Crippen molar-refractivity contribution in [3.05, 3.63) is 30.9 Å². The molecule has 0 radical (unpaired) electrons. The minimum Gasteiger partial charge on any atom is -0.384 e. The summed E-state index contributed by atoms with van der Waals surface area (Å²) in [5.41, 5.74) is 7.84. The fourth-order valence-electron chi connectivity index (χ4n) is 2.10. The predicted octanol–water partition coefficient (Wildman–Crippen LogP) is 1.65. The van der Waals surface area contributed by atoms with Crippen LogP contribution in [0.15, 0.2) is 30.9 Å². The highest BCUT2D eigenvalue weighted by Gasteiger charge is 2.12. The summed E-state index contributed by atoms with van der Waals surface area (Å²) in [5, 5.41) is 0. The summed E-state index contributed by atoms with van der Waals surface area (Å²) in [7, 11) is 4.13. The summed E-state index contributed by atoms with van der Waals surface area (Å²) in [5.74, 6) is 0.528. The van der Waals surface area contributed by atoms with Gasteiger partial charge in [-0.3, -0.25) is 0 Å². The van der Waals surface area contributed by atoms with Crippen LogP contribution in [-0.2, 0) is 0 Å². The number of anilines is 1. The lowest BCUT2D eigenvalue weighted by atomic mass is 10.2. The molecule has 0 aliphatic rings. The van der Waals surface area contributed by atoms with Gasteiger partial charge in [-0.25, -0.2) is 9.97 Å². The highest BCUT2D eigenvalue weighted by molar-refractivity contribution is 5.61. The van der Waals surface area contributed by atoms with Crippen LogP contribution >= 0.6 is 0 Å². The Bertz CT molecular complexity index is 518. The lowest BCUT2D eigenvalue weighted by Gasteiger charge is -2.20. The van der Waals surface area contributed by atoms with Gasteiger partial charge in [0, 0.05) is 24.3 Å². The Morgan fingerprint density at radius 2 is 2.22 bits per heavy atom. The number of hydrogen-bond donors (Lipinski definition) is 1. The number of hydrogen-bond acceptors (Lipinski definition) is 4. The zero-order valence-electron chi connectivity index (χ0n) is 11.0. The van der Waals surface area contributed by atoms with Crippen LogP contribution in [0.3, 0.4) is 0 Å². The van der Waals surface area contributed by atoms with Gasteiger partial charge in [-0.2, -0.15) is 0 Å². The van der Waals surface area contributed by atoms with Gasteiger partial charge in [0.25, 0.3) is 0 Å². The van der Waals surface area contributed by atoms with Crippen molar-refractivity contribution in [2.75, 3.05) is 26.4 Å². The third kappa shape index (κ3) is 2.68. The fourth-order valence-corrected chi connectivity index (χ4v) is 2.10. The third-order valence-electron chi connectivity index (χ3n) is 2.85. The number of pyridine rings is 1. The molecule has 0 aliphatic heterocycles. The lowest BCUT2D eigenvalue weighted by molar-refractivity contribution is 0.338. The largest absolute Gasteiger partial charge is 0.384 e. The Labute approximate surface area is 107 Å². The number of rotatable bonds is 4. The van der Waals surface area contributed by atoms with E-state index in [0.29, 0.717) is 11.9 Å². The second-order valence-electron chi connectivity index (χ2n) is 4.77. The van der Waals surface area contributed by atoms with Gasteiger partial charge in [0.05, 0.1) is 18.2 Å². The first kappa shape index (κ1) is 12.6. The number of nitrogen functional groups attached to an aromatic ring is 1. The van der Waals surface area contributed by atoms with E-state index < -0.39 is 0 Å². The fraction of sp³-hybridized carbons (Fsp3) is 0.385. The smallest absolute Gasteiger partial charge is 0.123 e. The van der Waals surface area contributed by atoms with Crippen molar-refractivity contribution >= 4 is 5.82 Å². The Hall–Kier alpha value is -1.88. The van der Waals surface area contributed by atoms with E-state index in [0.717, 1.165) is 17.8 Å². The van der Waals surface area contributed by atoms with E-state index in [1.165, 1.54) is 0 Å². The first-order valence-corrected chi connectivity index (χ1v) is 5.96. The van der Waals surface area contributed by atoms with Crippen molar-refractivity contribution in [1.29, 1.82) is 0 Å². The molecule has 1 unspecified atom stereocenters. The molecule has 18 heavy (non-hydrogen) atoms. The summed E-state index contributed by atoms with van der Waals surface area (Å²) in [4.78, 5) is 10.4. The third-order valence-corrected chi connectivity index (χ3v) is 2.85. The average Bonchev–Trinajstić information content (AvgIpc) is 2.76. The highest BCUT2D eigenvalue weighted by Crippen LogP contribution is 2.23. The minimum absolute atomic E-state index is 0.354. The maximum Gasteiger partial charge on any atom is 0.123 e. The van der Waals surface area contributed by atoms with Crippen LogP contribution in [-0.4, -0.2) is 40.1 Å². The molecule has 2 aromatic rings. The summed E-state index contributed by atoms with van der Waals surface area (Å²) in [6.07, 6.45) is 5.44. The molecule has 0 spiro atoms. The van der Waals surface area contributed by atoms with Crippen LogP contribution in [0.25, 0.3) is 11.3 Å². The van der Waals surface area contributed by atoms with Gasteiger partial charge in [0.15, 0.2) is 0 Å². The van der Waals surface area contributed by atoms with E-state index >= 15 is 0 Å². The second-order valence-corrected chi connectivity index (χ2v) is 4.77. The van der Waals surface area contributed by atoms with Gasteiger partial charge in [-0.05, 0) is 33.2 Å². The maximum atomic E-state index is 5.72. The molecule has 2 rings (SSSR count). The van der Waals surface area contributed by atoms with Crippen LogP contribution in [0.1, 0.15) is 13.0 Å². The summed E-state index contributed by atoms with van der Waals surface area (Å²) >= 11 is 0. The second kappa shape index (κ2) is 5.18. The molecule has 1 atom stereocenters. The molecule has 0 aromatic carbocycles. The van der Waals surface area contributed by atoms with Crippen LogP contribution in [0.5, 0.6) is 0 Å². The molecule has 5 nitrogen and oxygen atoms in total. The molecule has 0 saturated carbocycles. The zero-order chi connectivity index (χ0) is 13.1. The van der Waals surface area contributed by atoms with Crippen molar-refractivity contribution in [2.24, 2.45) is 0 Å². The van der Waals surface area contributed by atoms with Gasteiger partial charge in [-0.1, -0.05) is 0 Å². The summed E-state index contributed by atoms with van der Waals surface area (Å²) in [6.45, 7) is 3.14. The first-order valence-electron chi connectivity index (χ1n) is 5.96. The molecule has 0 bridgehead atoms. The first-order chi connectivity index (χ1) is 8.58. The van der Waals surface area contributed by atoms with Crippen molar-refractivity contribution in [1.82, 2.24) is 19.4 Å². The standard InChI is InChI=1S/C13H19N5/c1-10(8-17(2)3)18-9-15-7-12(18)11-4-5-16-13(14)6-11/h4-7,9-10H,8H2,1-3H3,(H2,14,16). The van der Waals surface area contributed by atoms with Crippen LogP contribution in [0.4, 0.5) is 5.82 Å². The SMILES string of the molecule is CC(CN(C)C)n1cncc1-c1ccnc(N)c1. The molecule has 0 aliphatic carbocycles. The van der Waals surface area contributed by atoms with Gasteiger partial charge in [-0.15, -0.1) is 0 Å². The Morgan fingerprint density at radius 1 is 1.44 bits per heavy atom. The van der Waals surface area contributed by atoms with Crippen LogP contribution in [0, 0.1) is 0 Å². The number of imidazole rings is 1. The molecule has 2 aromatic heterocycles. The number of aromatic nitrogens is 3. The molecular formula is C13H19N5. The van der Waals surface area contributed by atoms with Gasteiger partial charge in [0.1, 0.15) is 5.82 Å². The van der Waals surface area contributed by atoms with E-state index in [1.807, 2.05) is 24.7 Å². The van der Waals surface area contributed by atoms with Crippen molar-refractivity contribution in [3.8, 4) is 11.3 Å². The van der Waals surface area contributed by atoms with Crippen molar-refractivity contribution in [3.63, 3.8) is 0 Å². The summed E-state index contributed by atoms with van der Waals surface area (Å²) in [6, 6.07) is 4.18. The summed E-state index contributed by atoms with van der Waals surface area (Å²) < 4.78 is 2.16. The number of nitrogens with zero attached hydrogens (tertiary/aromatic N) is 4. The van der Waals surface area contributed by atoms with Gasteiger partial charge >= 0.3 is 0 Å². The molecule has 0 amide bonds. The van der Waals surface area contributed by atoms with Crippen molar-refractivity contribution < 1.29 is 0 Å². The van der Waals surface area contributed by atoms with E-state index in [-0.39, 0.29) is 0 Å². The van der Waals surface area contributed by atoms with E-state index in [4.69, 9.17) is 5.73 Å². The Morgan fingerprint density at radius 3 is 2.89 bits per heavy atom. The quantitative estimate of drug-likeness (QED) is 0.889. The van der Waals surface area contributed by atoms with Crippen molar-refractivity contribution in [2.45, 2.75) is 13.0 Å². The molecule has 0 saturated heterocycles. The highest BCUT2D eigenvalue weighted by atomic mass is 15.1. The topological polar surface area (TPSA) is 60.0 Å². The molecule has 5 heteroatoms. The minimum atomic E-state index is 0.354. The van der Waals surface area contributed by atoms with Crippen LogP contribution < -0.4 is 5.73 Å². The molecule has 96 valence electrons. The van der Waals surface area contributed by atoms with E-state index in [9.17, 15) is 0 Å². The predicted molar refractivity (Wildman–Crippen MR) is 73.1 cm³/mol. The molecule has 2 heterocycles. The Kier molecular flexibility index (Phi) is 3.62.